The van der Waals surface area contributed by atoms with E-state index in [0.29, 0.717) is 5.92 Å². The van der Waals surface area contributed by atoms with Gasteiger partial charge in [-0.3, -0.25) is 4.98 Å². The average Bonchev–Trinajstić information content (AvgIpc) is 3.45. The molecule has 1 aliphatic heterocycles. The summed E-state index contributed by atoms with van der Waals surface area (Å²) in [7, 11) is 0. The molecule has 186 valence electrons. The highest BCUT2D eigenvalue weighted by atomic mass is 32.2. The molecule has 0 bridgehead atoms. The lowest BCUT2D eigenvalue weighted by molar-refractivity contribution is 0.674. The third kappa shape index (κ3) is 3.85. The first-order valence-electron chi connectivity index (χ1n) is 13.5. The van der Waals surface area contributed by atoms with Crippen LogP contribution in [0, 0.1) is 5.92 Å². The molecule has 0 amide bonds. The summed E-state index contributed by atoms with van der Waals surface area (Å²) >= 11 is 1.88. The number of thioether (sulfide) groups is 1. The van der Waals surface area contributed by atoms with E-state index in [1.54, 1.807) is 0 Å². The van der Waals surface area contributed by atoms with Gasteiger partial charge >= 0.3 is 0 Å². The summed E-state index contributed by atoms with van der Waals surface area (Å²) in [5, 5.41) is 5.09. The van der Waals surface area contributed by atoms with E-state index in [4.69, 9.17) is 4.98 Å². The first-order chi connectivity index (χ1) is 19.3. The Hall–Kier alpha value is -4.34. The Morgan fingerprint density at radius 3 is 2.36 bits per heavy atom. The minimum atomic E-state index is 0.229. The molecule has 2 nitrogen and oxygen atoms in total. The lowest BCUT2D eigenvalue weighted by atomic mass is 9.77. The van der Waals surface area contributed by atoms with Gasteiger partial charge in [0.1, 0.15) is 5.37 Å². The molecule has 2 heterocycles. The molecule has 3 aliphatic rings. The van der Waals surface area contributed by atoms with E-state index < -0.39 is 0 Å². The van der Waals surface area contributed by atoms with Crippen molar-refractivity contribution in [3.05, 3.63) is 144 Å². The van der Waals surface area contributed by atoms with Crippen molar-refractivity contribution in [3.63, 3.8) is 0 Å². The Bertz CT molecular complexity index is 1790. The van der Waals surface area contributed by atoms with Crippen LogP contribution in [0.5, 0.6) is 0 Å². The van der Waals surface area contributed by atoms with E-state index in [9.17, 15) is 0 Å². The summed E-state index contributed by atoms with van der Waals surface area (Å²) < 4.78 is 0. The van der Waals surface area contributed by atoms with E-state index in [-0.39, 0.29) is 11.3 Å². The Morgan fingerprint density at radius 1 is 0.692 bits per heavy atom. The van der Waals surface area contributed by atoms with Crippen molar-refractivity contribution >= 4 is 34.4 Å². The van der Waals surface area contributed by atoms with Crippen LogP contribution in [-0.4, -0.2) is 4.98 Å². The number of anilines is 1. The van der Waals surface area contributed by atoms with Gasteiger partial charge in [0, 0.05) is 38.9 Å². The van der Waals surface area contributed by atoms with Gasteiger partial charge in [0.2, 0.25) is 0 Å². The lowest BCUT2D eigenvalue weighted by Gasteiger charge is -2.28. The third-order valence-corrected chi connectivity index (χ3v) is 9.30. The maximum Gasteiger partial charge on any atom is 0.103 e. The standard InChI is InChI=1S/C36H26N2S/c1-2-8-23(9-3-1)27-19-20-29-32(22-27)37-35-28-11-5-4-10-24(28)18-21-30(35)34(29)25-14-16-26(17-15-25)36-38-31-12-6-7-13-33(31)39-36/h1-22,24,28,36,38H. The molecule has 2 aliphatic carbocycles. The molecule has 5 aromatic rings. The van der Waals surface area contributed by atoms with Crippen molar-refractivity contribution in [1.82, 2.24) is 4.98 Å². The average molecular weight is 519 g/mol. The smallest absolute Gasteiger partial charge is 0.103 e. The van der Waals surface area contributed by atoms with E-state index >= 15 is 0 Å². The van der Waals surface area contributed by atoms with E-state index in [0.717, 1.165) is 5.52 Å². The van der Waals surface area contributed by atoms with Gasteiger partial charge in [-0.2, -0.15) is 0 Å². The summed E-state index contributed by atoms with van der Waals surface area (Å²) in [5.74, 6) is 0.613. The summed E-state index contributed by atoms with van der Waals surface area (Å²) in [6, 6.07) is 35.0. The number of fused-ring (bicyclic) bond motifs is 5. The van der Waals surface area contributed by atoms with Crippen molar-refractivity contribution in [2.75, 3.05) is 5.32 Å². The van der Waals surface area contributed by atoms with Crippen LogP contribution in [0.1, 0.15) is 28.1 Å². The summed E-state index contributed by atoms with van der Waals surface area (Å²) in [5.41, 5.74) is 10.9. The lowest BCUT2D eigenvalue weighted by Crippen LogP contribution is -2.16. The van der Waals surface area contributed by atoms with Gasteiger partial charge in [-0.15, -0.1) is 0 Å². The SMILES string of the molecule is C1=CC2C=Cc3c(nc4cc(-c5ccccc5)ccc4c3-c3ccc(C4Nc5ccccc5S4)cc3)C2C=C1. The van der Waals surface area contributed by atoms with Gasteiger partial charge in [0.15, 0.2) is 0 Å². The Labute approximate surface area is 232 Å². The van der Waals surface area contributed by atoms with Crippen molar-refractivity contribution in [3.8, 4) is 22.3 Å². The Morgan fingerprint density at radius 2 is 1.49 bits per heavy atom. The molecule has 39 heavy (non-hydrogen) atoms. The Balaban J connectivity index is 1.26. The summed E-state index contributed by atoms with van der Waals surface area (Å²) in [6.07, 6.45) is 13.5. The molecule has 3 heteroatoms. The topological polar surface area (TPSA) is 24.9 Å². The number of benzene rings is 4. The fraction of sp³-hybridized carbons (Fsp3) is 0.0833. The normalized spacial score (nSPS) is 20.4. The molecule has 3 unspecified atom stereocenters. The maximum atomic E-state index is 5.33. The van der Waals surface area contributed by atoms with E-state index in [1.165, 1.54) is 55.0 Å². The highest BCUT2D eigenvalue weighted by Gasteiger charge is 2.29. The first kappa shape index (κ1) is 22.6. The molecule has 0 spiro atoms. The van der Waals surface area contributed by atoms with Crippen LogP contribution >= 0.6 is 11.8 Å². The number of nitrogens with one attached hydrogen (secondary N) is 1. The van der Waals surface area contributed by atoms with Gasteiger partial charge in [0.05, 0.1) is 11.2 Å². The molecule has 8 rings (SSSR count). The molecular weight excluding hydrogens is 492 g/mol. The number of allylic oxidation sites excluding steroid dienone is 5. The van der Waals surface area contributed by atoms with Crippen molar-refractivity contribution in [2.24, 2.45) is 5.92 Å². The number of pyridine rings is 1. The van der Waals surface area contributed by atoms with Gasteiger partial charge in [0.25, 0.3) is 0 Å². The number of aromatic nitrogens is 1. The molecule has 0 saturated carbocycles. The van der Waals surface area contributed by atoms with Crippen LogP contribution in [-0.2, 0) is 0 Å². The number of nitrogens with zero attached hydrogens (tertiary/aromatic N) is 1. The van der Waals surface area contributed by atoms with Crippen LogP contribution in [0.2, 0.25) is 0 Å². The van der Waals surface area contributed by atoms with Gasteiger partial charge in [-0.25, -0.2) is 0 Å². The second kappa shape index (κ2) is 9.14. The quantitative estimate of drug-likeness (QED) is 0.257. The van der Waals surface area contributed by atoms with Crippen LogP contribution in [0.3, 0.4) is 0 Å². The van der Waals surface area contributed by atoms with Crippen LogP contribution in [0.4, 0.5) is 5.69 Å². The van der Waals surface area contributed by atoms with Crippen LogP contribution < -0.4 is 5.32 Å². The van der Waals surface area contributed by atoms with Gasteiger partial charge in [-0.05, 0) is 40.5 Å². The first-order valence-corrected chi connectivity index (χ1v) is 14.4. The fourth-order valence-electron chi connectivity index (χ4n) is 6.09. The van der Waals surface area contributed by atoms with E-state index in [2.05, 4.69) is 139 Å². The van der Waals surface area contributed by atoms with Crippen molar-refractivity contribution < 1.29 is 0 Å². The zero-order valence-electron chi connectivity index (χ0n) is 21.3. The van der Waals surface area contributed by atoms with Crippen molar-refractivity contribution in [1.29, 1.82) is 0 Å². The fourth-order valence-corrected chi connectivity index (χ4v) is 7.24. The largest absolute Gasteiger partial charge is 0.368 e. The minimum absolute atomic E-state index is 0.229. The molecule has 4 aromatic carbocycles. The predicted octanol–water partition coefficient (Wildman–Crippen LogP) is 9.64. The summed E-state index contributed by atoms with van der Waals surface area (Å²) in [4.78, 5) is 6.64. The number of hydrogen-bond acceptors (Lipinski definition) is 3. The number of rotatable bonds is 3. The van der Waals surface area contributed by atoms with Crippen LogP contribution in [0.25, 0.3) is 39.2 Å². The van der Waals surface area contributed by atoms with Crippen LogP contribution in [0.15, 0.2) is 132 Å². The second-order valence-corrected chi connectivity index (χ2v) is 11.5. The molecule has 1 aromatic heterocycles. The minimum Gasteiger partial charge on any atom is -0.368 e. The molecular formula is C36H26N2S. The molecule has 1 N–H and O–H groups in total. The zero-order valence-corrected chi connectivity index (χ0v) is 22.1. The van der Waals surface area contributed by atoms with Gasteiger partial charge in [-0.1, -0.05) is 127 Å². The number of hydrogen-bond donors (Lipinski definition) is 1. The molecule has 0 saturated heterocycles. The predicted molar refractivity (Wildman–Crippen MR) is 165 cm³/mol. The highest BCUT2D eigenvalue weighted by molar-refractivity contribution is 8.00. The van der Waals surface area contributed by atoms with E-state index in [1.807, 2.05) is 11.8 Å². The third-order valence-electron chi connectivity index (χ3n) is 8.06. The molecule has 0 fully saturated rings. The molecule has 0 radical (unpaired) electrons. The summed E-state index contributed by atoms with van der Waals surface area (Å²) in [6.45, 7) is 0. The maximum absolute atomic E-state index is 5.33. The zero-order chi connectivity index (χ0) is 25.8. The monoisotopic (exact) mass is 518 g/mol. The highest BCUT2D eigenvalue weighted by Crippen LogP contribution is 2.47. The Kier molecular flexibility index (Phi) is 5.31. The van der Waals surface area contributed by atoms with Gasteiger partial charge < -0.3 is 5.32 Å². The number of para-hydroxylation sites is 1. The second-order valence-electron chi connectivity index (χ2n) is 10.4. The molecule has 3 atom stereocenters. The van der Waals surface area contributed by atoms with Crippen molar-refractivity contribution in [2.45, 2.75) is 16.2 Å².